The summed E-state index contributed by atoms with van der Waals surface area (Å²) in [6.45, 7) is 4.33. The van der Waals surface area contributed by atoms with Gasteiger partial charge in [0.15, 0.2) is 0 Å². The van der Waals surface area contributed by atoms with Gasteiger partial charge in [0.2, 0.25) is 0 Å². The number of hydrogen-bond acceptors (Lipinski definition) is 3. The number of rotatable bonds is 9. The number of allylic oxidation sites excluding steroid dienone is 3. The van der Waals surface area contributed by atoms with Crippen molar-refractivity contribution >= 4 is 40.9 Å². The van der Waals surface area contributed by atoms with E-state index in [1.54, 1.807) is 32.5 Å². The van der Waals surface area contributed by atoms with Gasteiger partial charge in [0.05, 0.1) is 30.6 Å². The summed E-state index contributed by atoms with van der Waals surface area (Å²) in [6.07, 6.45) is 11.5. The Kier molecular flexibility index (Phi) is 8.51. The van der Waals surface area contributed by atoms with Crippen molar-refractivity contribution in [3.8, 4) is 11.3 Å². The number of aromatic amines is 1. The van der Waals surface area contributed by atoms with E-state index in [0.717, 1.165) is 33.8 Å². The summed E-state index contributed by atoms with van der Waals surface area (Å²) in [5.74, 6) is 1.32. The molecular formula is C26H24Cl2N2O2. The molecule has 0 unspecified atom stereocenters. The molecule has 0 bridgehead atoms. The van der Waals surface area contributed by atoms with Crippen molar-refractivity contribution in [2.45, 2.75) is 0 Å². The fourth-order valence-corrected chi connectivity index (χ4v) is 3.44. The van der Waals surface area contributed by atoms with Crippen LogP contribution in [0.1, 0.15) is 17.0 Å². The molecule has 32 heavy (non-hydrogen) atoms. The Balaban J connectivity index is 1.74. The third kappa shape index (κ3) is 6.47. The van der Waals surface area contributed by atoms with Crippen LogP contribution in [0.4, 0.5) is 0 Å². The topological polar surface area (TPSA) is 47.1 Å². The second-order valence-corrected chi connectivity index (χ2v) is 7.72. The molecule has 0 radical (unpaired) electrons. The SMILES string of the molecule is C=C(/C=C\C(=C/COC)c1ccc(/C=C/c2ncc(-c3ccc(Cl)cc3Cl)[nH]2)cc1)OC. The first-order chi connectivity index (χ1) is 15.5. The standard InChI is InChI=1S/C26H24Cl2N2O2/c1-18(32-3)4-8-21(14-15-31-2)20-9-5-19(6-10-20)7-13-26-29-17-25(30-26)23-12-11-22(27)16-24(23)28/h4-14,16-17H,1,15H2,2-3H3,(H,29,30)/b8-4-,13-7+,21-14+. The predicted octanol–water partition coefficient (Wildman–Crippen LogP) is 7.30. The Morgan fingerprint density at radius 1 is 1.06 bits per heavy atom. The van der Waals surface area contributed by atoms with E-state index in [1.807, 2.05) is 48.6 Å². The number of aromatic nitrogens is 2. The maximum Gasteiger partial charge on any atom is 0.130 e. The second kappa shape index (κ2) is 11.5. The van der Waals surface area contributed by atoms with Gasteiger partial charge in [0, 0.05) is 17.7 Å². The molecule has 164 valence electrons. The number of halogens is 2. The number of methoxy groups -OCH3 is 2. The van der Waals surface area contributed by atoms with Gasteiger partial charge < -0.3 is 14.5 Å². The van der Waals surface area contributed by atoms with Crippen molar-refractivity contribution in [3.05, 3.63) is 106 Å². The first kappa shape index (κ1) is 23.6. The van der Waals surface area contributed by atoms with E-state index < -0.39 is 0 Å². The molecule has 0 saturated carbocycles. The highest BCUT2D eigenvalue weighted by Crippen LogP contribution is 2.29. The zero-order chi connectivity index (χ0) is 22.9. The second-order valence-electron chi connectivity index (χ2n) is 6.88. The van der Waals surface area contributed by atoms with Crippen LogP contribution in [-0.4, -0.2) is 30.8 Å². The third-order valence-corrected chi connectivity index (χ3v) is 5.22. The lowest BCUT2D eigenvalue weighted by Gasteiger charge is -2.05. The largest absolute Gasteiger partial charge is 0.497 e. The highest BCUT2D eigenvalue weighted by atomic mass is 35.5. The van der Waals surface area contributed by atoms with Crippen molar-refractivity contribution in [2.75, 3.05) is 20.8 Å². The van der Waals surface area contributed by atoms with Gasteiger partial charge in [-0.15, -0.1) is 0 Å². The summed E-state index contributed by atoms with van der Waals surface area (Å²) in [5, 5.41) is 1.17. The highest BCUT2D eigenvalue weighted by molar-refractivity contribution is 6.36. The molecule has 3 aromatic rings. The molecule has 4 nitrogen and oxygen atoms in total. The molecule has 1 aromatic heterocycles. The Morgan fingerprint density at radius 3 is 2.53 bits per heavy atom. The van der Waals surface area contributed by atoms with Gasteiger partial charge in [-0.25, -0.2) is 4.98 Å². The summed E-state index contributed by atoms with van der Waals surface area (Å²) in [5.41, 5.74) is 4.83. The van der Waals surface area contributed by atoms with E-state index in [9.17, 15) is 0 Å². The predicted molar refractivity (Wildman–Crippen MR) is 135 cm³/mol. The quantitative estimate of drug-likeness (QED) is 0.265. The van der Waals surface area contributed by atoms with Crippen LogP contribution in [0.2, 0.25) is 10.0 Å². The average Bonchev–Trinajstić information content (AvgIpc) is 3.26. The Morgan fingerprint density at radius 2 is 1.84 bits per heavy atom. The molecule has 1 heterocycles. The smallest absolute Gasteiger partial charge is 0.130 e. The van der Waals surface area contributed by atoms with E-state index in [0.29, 0.717) is 22.4 Å². The third-order valence-electron chi connectivity index (χ3n) is 4.68. The molecule has 0 atom stereocenters. The van der Waals surface area contributed by atoms with E-state index in [-0.39, 0.29) is 0 Å². The summed E-state index contributed by atoms with van der Waals surface area (Å²) < 4.78 is 10.3. The van der Waals surface area contributed by atoms with Crippen LogP contribution in [0.5, 0.6) is 0 Å². The van der Waals surface area contributed by atoms with Gasteiger partial charge in [-0.05, 0) is 47.1 Å². The number of hydrogen-bond donors (Lipinski definition) is 1. The number of imidazole rings is 1. The molecule has 0 fully saturated rings. The number of nitrogens with zero attached hydrogens (tertiary/aromatic N) is 1. The van der Waals surface area contributed by atoms with Crippen molar-refractivity contribution in [1.82, 2.24) is 9.97 Å². The molecule has 1 N–H and O–H groups in total. The van der Waals surface area contributed by atoms with Crippen LogP contribution < -0.4 is 0 Å². The maximum atomic E-state index is 6.29. The van der Waals surface area contributed by atoms with Gasteiger partial charge in [0.25, 0.3) is 0 Å². The lowest BCUT2D eigenvalue weighted by molar-refractivity contribution is 0.234. The number of ether oxygens (including phenoxy) is 2. The van der Waals surface area contributed by atoms with Crippen molar-refractivity contribution in [1.29, 1.82) is 0 Å². The van der Waals surface area contributed by atoms with Crippen LogP contribution in [0.15, 0.2) is 79.2 Å². The van der Waals surface area contributed by atoms with Crippen molar-refractivity contribution in [2.24, 2.45) is 0 Å². The van der Waals surface area contributed by atoms with Gasteiger partial charge in [-0.1, -0.05) is 72.3 Å². The maximum absolute atomic E-state index is 6.29. The van der Waals surface area contributed by atoms with E-state index in [1.165, 1.54) is 0 Å². The molecule has 0 aliphatic rings. The van der Waals surface area contributed by atoms with Gasteiger partial charge in [-0.2, -0.15) is 0 Å². The molecule has 0 spiro atoms. The van der Waals surface area contributed by atoms with Gasteiger partial charge >= 0.3 is 0 Å². The first-order valence-electron chi connectivity index (χ1n) is 9.89. The molecule has 0 aliphatic heterocycles. The summed E-state index contributed by atoms with van der Waals surface area (Å²) in [7, 11) is 3.26. The van der Waals surface area contributed by atoms with Crippen molar-refractivity contribution in [3.63, 3.8) is 0 Å². The van der Waals surface area contributed by atoms with E-state index >= 15 is 0 Å². The van der Waals surface area contributed by atoms with Gasteiger partial charge in [0.1, 0.15) is 11.6 Å². The normalized spacial score (nSPS) is 12.1. The molecular weight excluding hydrogens is 443 g/mol. The molecule has 0 amide bonds. The Labute approximate surface area is 198 Å². The molecule has 6 heteroatoms. The highest BCUT2D eigenvalue weighted by Gasteiger charge is 2.07. The molecule has 0 saturated heterocycles. The van der Waals surface area contributed by atoms with E-state index in [2.05, 4.69) is 28.7 Å². The fraction of sp³-hybridized carbons (Fsp3) is 0.115. The van der Waals surface area contributed by atoms with Crippen molar-refractivity contribution < 1.29 is 9.47 Å². The Bertz CT molecular complexity index is 1160. The lowest BCUT2D eigenvalue weighted by atomic mass is 10.0. The summed E-state index contributed by atoms with van der Waals surface area (Å²) >= 11 is 12.3. The number of benzene rings is 2. The molecule has 3 rings (SSSR count). The van der Waals surface area contributed by atoms with Crippen LogP contribution in [0, 0.1) is 0 Å². The van der Waals surface area contributed by atoms with E-state index in [4.69, 9.17) is 32.7 Å². The zero-order valence-electron chi connectivity index (χ0n) is 17.9. The summed E-state index contributed by atoms with van der Waals surface area (Å²) in [4.78, 5) is 7.68. The van der Waals surface area contributed by atoms with Crippen LogP contribution in [0.3, 0.4) is 0 Å². The summed E-state index contributed by atoms with van der Waals surface area (Å²) in [6, 6.07) is 13.6. The molecule has 2 aromatic carbocycles. The zero-order valence-corrected chi connectivity index (χ0v) is 19.5. The average molecular weight is 467 g/mol. The minimum Gasteiger partial charge on any atom is -0.497 e. The minimum atomic E-state index is 0.513. The minimum absolute atomic E-state index is 0.513. The monoisotopic (exact) mass is 466 g/mol. The molecule has 0 aliphatic carbocycles. The fourth-order valence-electron chi connectivity index (χ4n) is 2.93. The lowest BCUT2D eigenvalue weighted by Crippen LogP contribution is -1.88. The number of nitrogens with one attached hydrogen (secondary N) is 1. The Hall–Kier alpha value is -3.05. The first-order valence-corrected chi connectivity index (χ1v) is 10.6. The van der Waals surface area contributed by atoms with Crippen LogP contribution >= 0.6 is 23.2 Å². The van der Waals surface area contributed by atoms with Crippen LogP contribution in [-0.2, 0) is 9.47 Å². The van der Waals surface area contributed by atoms with Crippen LogP contribution in [0.25, 0.3) is 29.0 Å². The van der Waals surface area contributed by atoms with Gasteiger partial charge in [-0.3, -0.25) is 0 Å². The number of H-pyrrole nitrogens is 1.